The molecule has 3 amide bonds. The lowest BCUT2D eigenvalue weighted by atomic mass is 9.88. The van der Waals surface area contributed by atoms with Crippen LogP contribution in [0.15, 0.2) is 42.5 Å². The van der Waals surface area contributed by atoms with Crippen molar-refractivity contribution in [1.82, 2.24) is 10.2 Å². The summed E-state index contributed by atoms with van der Waals surface area (Å²) in [4.78, 5) is 27.4. The third-order valence-corrected chi connectivity index (χ3v) is 5.96. The molecule has 3 atom stereocenters. The fourth-order valence-electron chi connectivity index (χ4n) is 4.50. The topological polar surface area (TPSA) is 70.7 Å². The number of hydrogen-bond donors (Lipinski definition) is 2. The van der Waals surface area contributed by atoms with E-state index in [-0.39, 0.29) is 35.3 Å². The van der Waals surface area contributed by atoms with Crippen molar-refractivity contribution in [2.24, 2.45) is 5.92 Å². The number of benzene rings is 2. The Morgan fingerprint density at radius 1 is 0.906 bits per heavy atom. The third-order valence-electron chi connectivity index (χ3n) is 5.96. The minimum atomic E-state index is -0.797. The molecule has 6 nitrogen and oxygen atoms in total. The lowest BCUT2D eigenvalue weighted by Crippen LogP contribution is -2.44. The SMILES string of the molecule is O=C(Nc1cc(F)cc(F)c1)N[C@@H]1C[C@H](C(=O)N2CCOCC2)[C@@H](c2ccc(F)cc2)C1. The summed E-state index contributed by atoms with van der Waals surface area (Å²) in [6, 6.07) is 7.85. The maximum atomic E-state index is 13.4. The molecular formula is C23H24F3N3O3. The Labute approximate surface area is 183 Å². The fourth-order valence-corrected chi connectivity index (χ4v) is 4.50. The molecule has 1 saturated heterocycles. The van der Waals surface area contributed by atoms with E-state index in [2.05, 4.69) is 10.6 Å². The van der Waals surface area contributed by atoms with Crippen LogP contribution in [0.3, 0.4) is 0 Å². The van der Waals surface area contributed by atoms with Gasteiger partial charge in [0.25, 0.3) is 0 Å². The molecule has 2 aromatic carbocycles. The van der Waals surface area contributed by atoms with Crippen LogP contribution in [0.1, 0.15) is 24.3 Å². The highest BCUT2D eigenvalue weighted by atomic mass is 19.1. The Balaban J connectivity index is 1.47. The number of amides is 3. The number of hydrogen-bond acceptors (Lipinski definition) is 3. The summed E-state index contributed by atoms with van der Waals surface area (Å²) in [6.07, 6.45) is 0.889. The van der Waals surface area contributed by atoms with Gasteiger partial charge >= 0.3 is 6.03 Å². The van der Waals surface area contributed by atoms with E-state index < -0.39 is 17.7 Å². The molecule has 2 aliphatic rings. The Bertz CT molecular complexity index is 960. The van der Waals surface area contributed by atoms with E-state index in [4.69, 9.17) is 4.74 Å². The molecule has 0 aromatic heterocycles. The highest BCUT2D eigenvalue weighted by Crippen LogP contribution is 2.41. The zero-order chi connectivity index (χ0) is 22.7. The second kappa shape index (κ2) is 9.60. The quantitative estimate of drug-likeness (QED) is 0.752. The number of halogens is 3. The van der Waals surface area contributed by atoms with Crippen LogP contribution in [-0.2, 0) is 9.53 Å². The molecule has 1 saturated carbocycles. The normalized spacial score (nSPS) is 23.1. The molecule has 1 aliphatic heterocycles. The molecule has 2 N–H and O–H groups in total. The van der Waals surface area contributed by atoms with Crippen LogP contribution < -0.4 is 10.6 Å². The number of urea groups is 1. The first-order valence-corrected chi connectivity index (χ1v) is 10.5. The Hall–Kier alpha value is -3.07. The first kappa shape index (κ1) is 22.1. The molecule has 0 spiro atoms. The molecule has 2 aromatic rings. The van der Waals surface area contributed by atoms with Crippen LogP contribution in [0.5, 0.6) is 0 Å². The Morgan fingerprint density at radius 2 is 1.56 bits per heavy atom. The number of anilines is 1. The van der Waals surface area contributed by atoms with Gasteiger partial charge in [-0.1, -0.05) is 12.1 Å². The van der Waals surface area contributed by atoms with Crippen molar-refractivity contribution in [2.75, 3.05) is 31.6 Å². The van der Waals surface area contributed by atoms with Crippen molar-refractivity contribution in [3.63, 3.8) is 0 Å². The molecule has 1 aliphatic carbocycles. The lowest BCUT2D eigenvalue weighted by molar-refractivity contribution is -0.140. The molecule has 2 fully saturated rings. The van der Waals surface area contributed by atoms with Gasteiger partial charge in [0.05, 0.1) is 13.2 Å². The molecule has 170 valence electrons. The van der Waals surface area contributed by atoms with Crippen LogP contribution in [0.4, 0.5) is 23.7 Å². The van der Waals surface area contributed by atoms with Gasteiger partial charge in [-0.25, -0.2) is 18.0 Å². The van der Waals surface area contributed by atoms with Crippen molar-refractivity contribution in [1.29, 1.82) is 0 Å². The van der Waals surface area contributed by atoms with Gasteiger partial charge in [-0.05, 0) is 48.6 Å². The van der Waals surface area contributed by atoms with Crippen molar-refractivity contribution >= 4 is 17.6 Å². The summed E-state index contributed by atoms with van der Waals surface area (Å²) in [7, 11) is 0. The Morgan fingerprint density at radius 3 is 2.22 bits per heavy atom. The molecule has 9 heteroatoms. The van der Waals surface area contributed by atoms with Gasteiger partial charge in [-0.15, -0.1) is 0 Å². The number of carbonyl (C=O) groups excluding carboxylic acids is 2. The average Bonchev–Trinajstić information content (AvgIpc) is 3.17. The van der Waals surface area contributed by atoms with Gasteiger partial charge in [0, 0.05) is 36.8 Å². The zero-order valence-corrected chi connectivity index (χ0v) is 17.3. The number of carbonyl (C=O) groups is 2. The highest BCUT2D eigenvalue weighted by Gasteiger charge is 2.42. The minimum absolute atomic E-state index is 0.00553. The lowest BCUT2D eigenvalue weighted by Gasteiger charge is -2.31. The summed E-state index contributed by atoms with van der Waals surface area (Å²) < 4.78 is 45.5. The van der Waals surface area contributed by atoms with E-state index >= 15 is 0 Å². The van der Waals surface area contributed by atoms with Gasteiger partial charge in [0.2, 0.25) is 5.91 Å². The number of nitrogens with zero attached hydrogens (tertiary/aromatic N) is 1. The summed E-state index contributed by atoms with van der Waals surface area (Å²) in [5.74, 6) is -2.54. The van der Waals surface area contributed by atoms with E-state index in [0.29, 0.717) is 39.1 Å². The fraction of sp³-hybridized carbons (Fsp3) is 0.391. The van der Waals surface area contributed by atoms with Crippen LogP contribution in [-0.4, -0.2) is 49.2 Å². The molecule has 0 bridgehead atoms. The standard InChI is InChI=1S/C23H24F3N3O3/c24-15-3-1-14(2-4-15)20-12-19(13-21(20)22(30)29-5-7-32-8-6-29)28-23(31)27-18-10-16(25)9-17(26)11-18/h1-4,9-11,19-21H,5-8,12-13H2,(H2,27,28,31)/t19-,20+,21-/m0/s1. The summed E-state index contributed by atoms with van der Waals surface area (Å²) in [5, 5.41) is 5.23. The summed E-state index contributed by atoms with van der Waals surface area (Å²) in [6.45, 7) is 1.98. The van der Waals surface area contributed by atoms with Crippen LogP contribution in [0.25, 0.3) is 0 Å². The number of morpholine rings is 1. The zero-order valence-electron chi connectivity index (χ0n) is 17.3. The van der Waals surface area contributed by atoms with Crippen molar-refractivity contribution in [3.8, 4) is 0 Å². The summed E-state index contributed by atoms with van der Waals surface area (Å²) >= 11 is 0. The molecule has 0 radical (unpaired) electrons. The molecular weight excluding hydrogens is 423 g/mol. The van der Waals surface area contributed by atoms with Crippen LogP contribution in [0, 0.1) is 23.4 Å². The van der Waals surface area contributed by atoms with Gasteiger partial charge in [0.1, 0.15) is 17.5 Å². The third kappa shape index (κ3) is 5.21. The maximum Gasteiger partial charge on any atom is 0.319 e. The maximum absolute atomic E-state index is 13.4. The number of rotatable bonds is 4. The predicted molar refractivity (Wildman–Crippen MR) is 112 cm³/mol. The Kier molecular flexibility index (Phi) is 6.64. The minimum Gasteiger partial charge on any atom is -0.378 e. The second-order valence-electron chi connectivity index (χ2n) is 8.13. The number of nitrogens with one attached hydrogen (secondary N) is 2. The largest absolute Gasteiger partial charge is 0.378 e. The van der Waals surface area contributed by atoms with Crippen molar-refractivity contribution < 1.29 is 27.5 Å². The first-order valence-electron chi connectivity index (χ1n) is 10.5. The monoisotopic (exact) mass is 447 g/mol. The van der Waals surface area contributed by atoms with Gasteiger partial charge in [0.15, 0.2) is 0 Å². The predicted octanol–water partition coefficient (Wildman–Crippen LogP) is 3.65. The molecule has 0 unspecified atom stereocenters. The van der Waals surface area contributed by atoms with E-state index in [1.54, 1.807) is 17.0 Å². The summed E-state index contributed by atoms with van der Waals surface area (Å²) in [5.41, 5.74) is 0.823. The van der Waals surface area contributed by atoms with Crippen LogP contribution in [0.2, 0.25) is 0 Å². The first-order chi connectivity index (χ1) is 15.4. The van der Waals surface area contributed by atoms with E-state index in [1.165, 1.54) is 12.1 Å². The second-order valence-corrected chi connectivity index (χ2v) is 8.13. The smallest absolute Gasteiger partial charge is 0.319 e. The van der Waals surface area contributed by atoms with Gasteiger partial charge < -0.3 is 20.3 Å². The van der Waals surface area contributed by atoms with E-state index in [1.807, 2.05) is 0 Å². The average molecular weight is 447 g/mol. The van der Waals surface area contributed by atoms with Crippen LogP contribution >= 0.6 is 0 Å². The highest BCUT2D eigenvalue weighted by molar-refractivity contribution is 5.89. The van der Waals surface area contributed by atoms with Crippen molar-refractivity contribution in [3.05, 3.63) is 65.5 Å². The van der Waals surface area contributed by atoms with E-state index in [9.17, 15) is 22.8 Å². The molecule has 4 rings (SSSR count). The van der Waals surface area contributed by atoms with Gasteiger partial charge in [-0.3, -0.25) is 4.79 Å². The molecule has 1 heterocycles. The number of ether oxygens (including phenoxy) is 1. The van der Waals surface area contributed by atoms with Crippen molar-refractivity contribution in [2.45, 2.75) is 24.8 Å². The van der Waals surface area contributed by atoms with Gasteiger partial charge in [-0.2, -0.15) is 0 Å². The van der Waals surface area contributed by atoms with E-state index in [0.717, 1.165) is 23.8 Å². The molecule has 32 heavy (non-hydrogen) atoms.